The topological polar surface area (TPSA) is 63.6 Å². The molecule has 2 aromatic heterocycles. The van der Waals surface area contributed by atoms with Gasteiger partial charge in [0, 0.05) is 17.9 Å². The Morgan fingerprint density at radius 2 is 1.79 bits per heavy atom. The van der Waals surface area contributed by atoms with Crippen molar-refractivity contribution in [1.82, 2.24) is 20.2 Å². The Morgan fingerprint density at radius 1 is 1.11 bits per heavy atom. The van der Waals surface area contributed by atoms with Crippen LogP contribution < -0.4 is 5.32 Å². The summed E-state index contributed by atoms with van der Waals surface area (Å²) < 4.78 is 0. The predicted octanol–water partition coefficient (Wildman–Crippen LogP) is 2.98. The van der Waals surface area contributed by atoms with Crippen LogP contribution in [0.15, 0.2) is 5.16 Å². The number of thioether (sulfide) groups is 1. The van der Waals surface area contributed by atoms with E-state index in [-0.39, 0.29) is 0 Å². The van der Waals surface area contributed by atoms with Crippen molar-refractivity contribution in [2.75, 3.05) is 11.9 Å². The summed E-state index contributed by atoms with van der Waals surface area (Å²) in [5.74, 6) is 0.755. The van der Waals surface area contributed by atoms with E-state index in [4.69, 9.17) is 0 Å². The summed E-state index contributed by atoms with van der Waals surface area (Å²) >= 11 is 3.18. The van der Waals surface area contributed by atoms with E-state index < -0.39 is 0 Å². The predicted molar refractivity (Wildman–Crippen MR) is 79.9 cm³/mol. The minimum Gasteiger partial charge on any atom is -0.360 e. The molecule has 5 nitrogen and oxygen atoms in total. The molecular formula is C12H17N5S2. The van der Waals surface area contributed by atoms with Gasteiger partial charge in [-0.25, -0.2) is 9.97 Å². The van der Waals surface area contributed by atoms with Crippen LogP contribution in [-0.2, 0) is 5.75 Å². The van der Waals surface area contributed by atoms with Crippen LogP contribution in [0.4, 0.5) is 5.13 Å². The van der Waals surface area contributed by atoms with Gasteiger partial charge in [0.2, 0.25) is 5.13 Å². The summed E-state index contributed by atoms with van der Waals surface area (Å²) in [4.78, 5) is 8.97. The maximum atomic E-state index is 4.48. The van der Waals surface area contributed by atoms with Crippen LogP contribution in [0.3, 0.4) is 0 Å². The normalized spacial score (nSPS) is 10.7. The molecule has 102 valence electrons. The first-order valence-corrected chi connectivity index (χ1v) is 7.91. The molecule has 0 aliphatic rings. The summed E-state index contributed by atoms with van der Waals surface area (Å²) in [6, 6.07) is 0. The molecule has 2 heterocycles. The second-order valence-corrected chi connectivity index (χ2v) is 6.13. The summed E-state index contributed by atoms with van der Waals surface area (Å²) in [6.07, 6.45) is 0. The lowest BCUT2D eigenvalue weighted by molar-refractivity contribution is 0.880. The zero-order valence-electron chi connectivity index (χ0n) is 11.5. The van der Waals surface area contributed by atoms with Crippen LogP contribution in [0, 0.1) is 20.8 Å². The lowest BCUT2D eigenvalue weighted by Gasteiger charge is -2.05. The SMILES string of the molecule is CCNc1nnc(CSc2nc(C)c(C)c(C)n2)s1. The number of aromatic nitrogens is 4. The molecule has 2 aromatic rings. The van der Waals surface area contributed by atoms with Crippen molar-refractivity contribution in [1.29, 1.82) is 0 Å². The largest absolute Gasteiger partial charge is 0.360 e. The molecule has 0 spiro atoms. The maximum absolute atomic E-state index is 4.48. The summed E-state index contributed by atoms with van der Waals surface area (Å²) in [5, 5.41) is 14.0. The Kier molecular flexibility index (Phi) is 4.71. The molecule has 0 radical (unpaired) electrons. The number of aryl methyl sites for hydroxylation is 2. The van der Waals surface area contributed by atoms with Crippen LogP contribution in [0.5, 0.6) is 0 Å². The molecule has 7 heteroatoms. The van der Waals surface area contributed by atoms with E-state index in [1.807, 2.05) is 27.7 Å². The molecule has 0 atom stereocenters. The highest BCUT2D eigenvalue weighted by atomic mass is 32.2. The highest BCUT2D eigenvalue weighted by Gasteiger charge is 2.08. The molecule has 2 rings (SSSR count). The van der Waals surface area contributed by atoms with Crippen LogP contribution in [0.25, 0.3) is 0 Å². The highest BCUT2D eigenvalue weighted by Crippen LogP contribution is 2.24. The highest BCUT2D eigenvalue weighted by molar-refractivity contribution is 7.98. The van der Waals surface area contributed by atoms with E-state index >= 15 is 0 Å². The van der Waals surface area contributed by atoms with Gasteiger partial charge in [0.15, 0.2) is 5.16 Å². The molecule has 0 fully saturated rings. The van der Waals surface area contributed by atoms with Crippen molar-refractivity contribution in [3.8, 4) is 0 Å². The van der Waals surface area contributed by atoms with Gasteiger partial charge < -0.3 is 5.32 Å². The van der Waals surface area contributed by atoms with E-state index in [1.165, 1.54) is 0 Å². The first-order chi connectivity index (χ1) is 9.10. The molecule has 1 N–H and O–H groups in total. The fourth-order valence-electron chi connectivity index (χ4n) is 1.47. The zero-order chi connectivity index (χ0) is 13.8. The first kappa shape index (κ1) is 14.2. The van der Waals surface area contributed by atoms with Crippen molar-refractivity contribution >= 4 is 28.2 Å². The van der Waals surface area contributed by atoms with Gasteiger partial charge in [0.25, 0.3) is 0 Å². The Hall–Kier alpha value is -1.21. The Labute approximate surface area is 121 Å². The summed E-state index contributed by atoms with van der Waals surface area (Å²) in [5.41, 5.74) is 3.25. The second-order valence-electron chi connectivity index (χ2n) is 4.12. The van der Waals surface area contributed by atoms with Crippen molar-refractivity contribution in [3.63, 3.8) is 0 Å². The third-order valence-corrected chi connectivity index (χ3v) is 4.65. The lowest BCUT2D eigenvalue weighted by Crippen LogP contribution is -1.98. The van der Waals surface area contributed by atoms with E-state index in [0.29, 0.717) is 0 Å². The van der Waals surface area contributed by atoms with Crippen LogP contribution in [-0.4, -0.2) is 26.7 Å². The number of anilines is 1. The molecule has 0 saturated heterocycles. The Balaban J connectivity index is 2.01. The average molecular weight is 295 g/mol. The lowest BCUT2D eigenvalue weighted by atomic mass is 10.2. The van der Waals surface area contributed by atoms with Crippen molar-refractivity contribution in [2.24, 2.45) is 0 Å². The van der Waals surface area contributed by atoms with Gasteiger partial charge in [-0.3, -0.25) is 0 Å². The van der Waals surface area contributed by atoms with Crippen LogP contribution in [0.2, 0.25) is 0 Å². The van der Waals surface area contributed by atoms with E-state index in [9.17, 15) is 0 Å². The van der Waals surface area contributed by atoms with Crippen molar-refractivity contribution in [3.05, 3.63) is 22.0 Å². The van der Waals surface area contributed by atoms with Crippen LogP contribution >= 0.6 is 23.1 Å². The molecule has 0 unspecified atom stereocenters. The van der Waals surface area contributed by atoms with Gasteiger partial charge in [-0.05, 0) is 33.3 Å². The van der Waals surface area contributed by atoms with Crippen molar-refractivity contribution in [2.45, 2.75) is 38.6 Å². The molecule has 0 aliphatic carbocycles. The average Bonchev–Trinajstić information content (AvgIpc) is 2.81. The molecule has 0 bridgehead atoms. The Bertz CT molecular complexity index is 544. The van der Waals surface area contributed by atoms with Crippen LogP contribution in [0.1, 0.15) is 28.9 Å². The number of hydrogen-bond acceptors (Lipinski definition) is 7. The van der Waals surface area contributed by atoms with Gasteiger partial charge in [-0.2, -0.15) is 0 Å². The molecule has 0 aliphatic heterocycles. The number of rotatable bonds is 5. The molecule has 0 saturated carbocycles. The maximum Gasteiger partial charge on any atom is 0.205 e. The minimum atomic E-state index is 0.755. The monoisotopic (exact) mass is 295 g/mol. The summed E-state index contributed by atoms with van der Waals surface area (Å²) in [7, 11) is 0. The van der Waals surface area contributed by atoms with Gasteiger partial charge >= 0.3 is 0 Å². The first-order valence-electron chi connectivity index (χ1n) is 6.11. The molecular weight excluding hydrogens is 278 g/mol. The minimum absolute atomic E-state index is 0.755. The van der Waals surface area contributed by atoms with Crippen molar-refractivity contribution < 1.29 is 0 Å². The third-order valence-electron chi connectivity index (χ3n) is 2.73. The van der Waals surface area contributed by atoms with Gasteiger partial charge in [-0.15, -0.1) is 10.2 Å². The van der Waals surface area contributed by atoms with Gasteiger partial charge in [0.1, 0.15) is 5.01 Å². The number of nitrogens with zero attached hydrogens (tertiary/aromatic N) is 4. The third kappa shape index (κ3) is 3.63. The number of nitrogens with one attached hydrogen (secondary N) is 1. The van der Waals surface area contributed by atoms with E-state index in [1.54, 1.807) is 23.1 Å². The van der Waals surface area contributed by atoms with E-state index in [0.717, 1.165) is 44.5 Å². The van der Waals surface area contributed by atoms with Gasteiger partial charge in [-0.1, -0.05) is 23.1 Å². The quantitative estimate of drug-likeness (QED) is 0.676. The zero-order valence-corrected chi connectivity index (χ0v) is 13.2. The van der Waals surface area contributed by atoms with Gasteiger partial charge in [0.05, 0.1) is 5.75 Å². The molecule has 0 amide bonds. The van der Waals surface area contributed by atoms with E-state index in [2.05, 4.69) is 25.5 Å². The smallest absolute Gasteiger partial charge is 0.205 e. The number of hydrogen-bond donors (Lipinski definition) is 1. The Morgan fingerprint density at radius 3 is 2.42 bits per heavy atom. The standard InChI is InChI=1S/C12H17N5S2/c1-5-13-11-17-16-10(19-11)6-18-12-14-8(3)7(2)9(4)15-12/h5-6H2,1-4H3,(H,13,17). The fourth-order valence-corrected chi connectivity index (χ4v) is 3.20. The fraction of sp³-hybridized carbons (Fsp3) is 0.500. The molecule has 0 aromatic carbocycles. The molecule has 19 heavy (non-hydrogen) atoms. The summed E-state index contributed by atoms with van der Waals surface area (Å²) in [6.45, 7) is 8.99. The second kappa shape index (κ2) is 6.29.